The molecule has 1 spiro atoms. The van der Waals surface area contributed by atoms with Gasteiger partial charge < -0.3 is 69.4 Å². The Bertz CT molecular complexity index is 1320. The van der Waals surface area contributed by atoms with E-state index < -0.39 is 91.0 Å². The lowest BCUT2D eigenvalue weighted by Gasteiger charge is -2.42. The first-order valence-corrected chi connectivity index (χ1v) is 14.2. The van der Waals surface area contributed by atoms with Gasteiger partial charge in [0.25, 0.3) is 0 Å². The molecule has 16 nitrogen and oxygen atoms in total. The van der Waals surface area contributed by atoms with E-state index in [9.17, 15) is 50.4 Å². The molecular weight excluding hydrogens is 590 g/mol. The lowest BCUT2D eigenvalue weighted by molar-refractivity contribution is -0.302. The lowest BCUT2D eigenvalue weighted by atomic mass is 9.69. The molecule has 2 fully saturated rings. The zero-order valence-corrected chi connectivity index (χ0v) is 23.4. The average molecular weight is 626 g/mol. The molecule has 0 saturated carbocycles. The molecule has 44 heavy (non-hydrogen) atoms. The molecule has 13 atom stereocenters. The van der Waals surface area contributed by atoms with E-state index in [1.165, 1.54) is 0 Å². The van der Waals surface area contributed by atoms with Crippen LogP contribution in [0, 0.1) is 0 Å². The van der Waals surface area contributed by atoms with E-state index in [-0.39, 0.29) is 12.2 Å². The quantitative estimate of drug-likeness (QED) is 0.147. The number of carboxylic acids is 2. The first kappa shape index (κ1) is 31.1. The zero-order chi connectivity index (χ0) is 31.7. The molecule has 1 aromatic carbocycles. The van der Waals surface area contributed by atoms with Crippen LogP contribution in [0.1, 0.15) is 24.0 Å². The topological polar surface area (TPSA) is 245 Å². The van der Waals surface area contributed by atoms with Crippen LogP contribution in [0.5, 0.6) is 11.5 Å². The van der Waals surface area contributed by atoms with E-state index >= 15 is 0 Å². The van der Waals surface area contributed by atoms with Crippen molar-refractivity contribution in [2.24, 2.45) is 0 Å². The minimum absolute atomic E-state index is 0.108. The summed E-state index contributed by atoms with van der Waals surface area (Å²) in [5, 5.41) is 80.3. The molecule has 0 radical (unpaired) electrons. The molecule has 0 amide bonds. The second-order valence-corrected chi connectivity index (χ2v) is 11.9. The second kappa shape index (κ2) is 11.5. The highest BCUT2D eigenvalue weighted by atomic mass is 16.7. The maximum Gasteiger partial charge on any atom is 0.335 e. The third kappa shape index (κ3) is 5.04. The SMILES string of the molecule is CN1CC[C@@]23C=C[C@H](O[C@H]4O[C@@H](C(=O)O)[C@H](O)[C@@H](O)[C@@H]4O)C[C@@H]2Oc2c(O[C@H]4O[C@@H](C(=O)O)[C@H](O)[C@@H](O)[C@@H]4O)ccc(c23)C1. The smallest absolute Gasteiger partial charge is 0.335 e. The van der Waals surface area contributed by atoms with Crippen molar-refractivity contribution < 1.29 is 74.1 Å². The number of hydrogen-bond acceptors (Lipinski definition) is 14. The van der Waals surface area contributed by atoms with Crippen molar-refractivity contribution in [2.45, 2.75) is 98.4 Å². The molecule has 16 heteroatoms. The second-order valence-electron chi connectivity index (χ2n) is 11.9. The number of aliphatic carboxylic acids is 2. The highest BCUT2D eigenvalue weighted by Crippen LogP contribution is 2.56. The van der Waals surface area contributed by atoms with Crippen LogP contribution in [0.3, 0.4) is 0 Å². The molecular formula is C28H35NO15. The standard InChI is InChI=1S/C28H35NO15/c1-29-7-6-28-5-4-11(40-26-19(34)15(30)17(32)22(43-26)24(36)37)8-13(28)42-21-12(3-2-10(9-29)14(21)28)41-27-20(35)16(31)18(33)23(44-27)25(38)39/h2-5,11,13,15-20,22-23,26-27,30-35H,6-9H2,1H3,(H,36,37)(H,38,39)/t11-,13-,15+,16+,17+,18+,19-,20-,22+,23+,26-,27-,28-/m0/s1. The van der Waals surface area contributed by atoms with Gasteiger partial charge in [0.1, 0.15) is 42.7 Å². The lowest BCUT2D eigenvalue weighted by Crippen LogP contribution is -2.61. The van der Waals surface area contributed by atoms with Gasteiger partial charge in [-0.2, -0.15) is 0 Å². The Kier molecular flexibility index (Phi) is 8.11. The molecule has 6 rings (SSSR count). The molecule has 242 valence electrons. The van der Waals surface area contributed by atoms with E-state index in [1.54, 1.807) is 12.1 Å². The van der Waals surface area contributed by atoms with Crippen molar-refractivity contribution in [1.29, 1.82) is 0 Å². The number of rotatable bonds is 6. The van der Waals surface area contributed by atoms with Crippen molar-refractivity contribution >= 4 is 11.9 Å². The first-order chi connectivity index (χ1) is 20.8. The minimum atomic E-state index is -1.88. The van der Waals surface area contributed by atoms with Gasteiger partial charge in [0.2, 0.25) is 6.29 Å². The Hall–Kier alpha value is -2.90. The number of aliphatic hydroxyl groups excluding tert-OH is 6. The largest absolute Gasteiger partial charge is 0.485 e. The van der Waals surface area contributed by atoms with Gasteiger partial charge in [0, 0.05) is 18.5 Å². The van der Waals surface area contributed by atoms with Crippen molar-refractivity contribution in [1.82, 2.24) is 4.90 Å². The molecule has 0 bridgehead atoms. The molecule has 8 N–H and O–H groups in total. The van der Waals surface area contributed by atoms with Crippen molar-refractivity contribution in [3.63, 3.8) is 0 Å². The predicted molar refractivity (Wildman–Crippen MR) is 141 cm³/mol. The van der Waals surface area contributed by atoms with E-state index in [1.807, 2.05) is 19.2 Å². The van der Waals surface area contributed by atoms with Crippen LogP contribution in [0.15, 0.2) is 24.3 Å². The molecule has 4 aliphatic heterocycles. The highest BCUT2D eigenvalue weighted by Gasteiger charge is 2.55. The Morgan fingerprint density at radius 1 is 0.886 bits per heavy atom. The van der Waals surface area contributed by atoms with Gasteiger partial charge in [0.05, 0.1) is 11.5 Å². The number of aliphatic hydroxyl groups is 6. The number of nitrogens with zero attached hydrogens (tertiary/aromatic N) is 1. The fourth-order valence-corrected chi connectivity index (χ4v) is 6.71. The molecule has 2 saturated heterocycles. The van der Waals surface area contributed by atoms with Gasteiger partial charge in [-0.1, -0.05) is 18.2 Å². The normalized spacial score (nSPS) is 43.3. The number of carbonyl (C=O) groups is 2. The fourth-order valence-electron chi connectivity index (χ4n) is 6.71. The molecule has 0 unspecified atom stereocenters. The summed E-state index contributed by atoms with van der Waals surface area (Å²) in [7, 11) is 1.97. The molecule has 1 aromatic rings. The summed E-state index contributed by atoms with van der Waals surface area (Å²) in [6.45, 7) is 1.26. The van der Waals surface area contributed by atoms with Crippen molar-refractivity contribution in [2.75, 3.05) is 13.6 Å². The molecule has 0 aromatic heterocycles. The number of benzene rings is 1. The summed E-state index contributed by atoms with van der Waals surface area (Å²) >= 11 is 0. The van der Waals surface area contributed by atoms with Crippen molar-refractivity contribution in [3.8, 4) is 11.5 Å². The van der Waals surface area contributed by atoms with Crippen LogP contribution in [0.25, 0.3) is 0 Å². The summed E-state index contributed by atoms with van der Waals surface area (Å²) in [6.07, 6.45) is -14.7. The summed E-state index contributed by atoms with van der Waals surface area (Å²) in [5.41, 5.74) is 1.05. The Balaban J connectivity index is 1.28. The van der Waals surface area contributed by atoms with E-state index in [4.69, 9.17) is 23.7 Å². The third-order valence-corrected chi connectivity index (χ3v) is 9.09. The molecule has 5 aliphatic rings. The number of carboxylic acid groups (broad SMARTS) is 2. The van der Waals surface area contributed by atoms with Gasteiger partial charge in [-0.15, -0.1) is 0 Å². The van der Waals surface area contributed by atoms with Crippen LogP contribution < -0.4 is 9.47 Å². The molecule has 1 aliphatic carbocycles. The van der Waals surface area contributed by atoms with Gasteiger partial charge in [-0.05, 0) is 31.6 Å². The Morgan fingerprint density at radius 3 is 2.14 bits per heavy atom. The predicted octanol–water partition coefficient (Wildman–Crippen LogP) is -2.97. The van der Waals surface area contributed by atoms with Crippen LogP contribution in [-0.2, 0) is 35.8 Å². The fraction of sp³-hybridized carbons (Fsp3) is 0.643. The third-order valence-electron chi connectivity index (χ3n) is 9.09. The number of hydrogen-bond donors (Lipinski definition) is 8. The summed E-state index contributed by atoms with van der Waals surface area (Å²) < 4.78 is 28.9. The van der Waals surface area contributed by atoms with Crippen LogP contribution >= 0.6 is 0 Å². The summed E-state index contributed by atoms with van der Waals surface area (Å²) in [6, 6.07) is 3.41. The van der Waals surface area contributed by atoms with Crippen LogP contribution in [-0.4, -0.2) is 145 Å². The maximum absolute atomic E-state index is 11.6. The van der Waals surface area contributed by atoms with Gasteiger partial charge >= 0.3 is 11.9 Å². The van der Waals surface area contributed by atoms with Gasteiger partial charge in [-0.3, -0.25) is 0 Å². The van der Waals surface area contributed by atoms with E-state index in [2.05, 4.69) is 4.90 Å². The van der Waals surface area contributed by atoms with Crippen LogP contribution in [0.4, 0.5) is 0 Å². The van der Waals surface area contributed by atoms with Crippen LogP contribution in [0.2, 0.25) is 0 Å². The van der Waals surface area contributed by atoms with E-state index in [0.717, 1.165) is 11.1 Å². The maximum atomic E-state index is 11.6. The minimum Gasteiger partial charge on any atom is -0.485 e. The number of ether oxygens (including phenoxy) is 5. The Labute approximate surface area is 250 Å². The first-order valence-electron chi connectivity index (χ1n) is 14.2. The molecule has 4 heterocycles. The van der Waals surface area contributed by atoms with Crippen molar-refractivity contribution in [3.05, 3.63) is 35.4 Å². The Morgan fingerprint density at radius 2 is 1.50 bits per heavy atom. The van der Waals surface area contributed by atoms with E-state index in [0.29, 0.717) is 25.3 Å². The summed E-state index contributed by atoms with van der Waals surface area (Å²) in [5.74, 6) is -2.66. The highest BCUT2D eigenvalue weighted by molar-refractivity contribution is 5.74. The average Bonchev–Trinajstić information content (AvgIpc) is 3.24. The van der Waals surface area contributed by atoms with Gasteiger partial charge in [-0.25, -0.2) is 9.59 Å². The van der Waals surface area contributed by atoms with Gasteiger partial charge in [0.15, 0.2) is 30.0 Å². The summed E-state index contributed by atoms with van der Waals surface area (Å²) in [4.78, 5) is 25.2. The zero-order valence-electron chi connectivity index (χ0n) is 23.4. The monoisotopic (exact) mass is 625 g/mol.